The van der Waals surface area contributed by atoms with Gasteiger partial charge < -0.3 is 9.47 Å². The first-order valence-electron chi connectivity index (χ1n) is 6.39. The molecule has 0 radical (unpaired) electrons. The van der Waals surface area contributed by atoms with Gasteiger partial charge in [-0.15, -0.1) is 0 Å². The van der Waals surface area contributed by atoms with Gasteiger partial charge >= 0.3 is 11.9 Å². The zero-order valence-corrected chi connectivity index (χ0v) is 11.7. The zero-order valence-electron chi connectivity index (χ0n) is 11.7. The third kappa shape index (κ3) is 4.39. The van der Waals surface area contributed by atoms with Gasteiger partial charge in [-0.05, 0) is 30.0 Å². The van der Waals surface area contributed by atoms with E-state index in [9.17, 15) is 9.59 Å². The van der Waals surface area contributed by atoms with Crippen LogP contribution >= 0.6 is 0 Å². The van der Waals surface area contributed by atoms with Crippen molar-refractivity contribution in [3.05, 3.63) is 34.9 Å². The van der Waals surface area contributed by atoms with Gasteiger partial charge in [0.15, 0.2) is 0 Å². The summed E-state index contributed by atoms with van der Waals surface area (Å²) < 4.78 is 9.40. The Morgan fingerprint density at radius 1 is 1.11 bits per heavy atom. The average Bonchev–Trinajstić information content (AvgIpc) is 2.45. The van der Waals surface area contributed by atoms with Crippen molar-refractivity contribution in [1.29, 1.82) is 0 Å². The number of benzene rings is 1. The number of hydrogen-bond acceptors (Lipinski definition) is 4. The summed E-state index contributed by atoms with van der Waals surface area (Å²) in [5.41, 5.74) is 2.51. The fraction of sp³-hybridized carbons (Fsp3) is 0.467. The molecule has 0 aliphatic heterocycles. The van der Waals surface area contributed by atoms with Gasteiger partial charge in [-0.25, -0.2) is 4.79 Å². The highest BCUT2D eigenvalue weighted by molar-refractivity contribution is 5.91. The van der Waals surface area contributed by atoms with E-state index in [0.29, 0.717) is 18.4 Å². The lowest BCUT2D eigenvalue weighted by Crippen LogP contribution is -2.08. The molecule has 0 aliphatic rings. The molecule has 0 saturated heterocycles. The highest BCUT2D eigenvalue weighted by atomic mass is 16.5. The maximum absolute atomic E-state index is 11.7. The summed E-state index contributed by atoms with van der Waals surface area (Å²) in [6.45, 7) is 2.06. The van der Waals surface area contributed by atoms with Gasteiger partial charge in [0.2, 0.25) is 0 Å². The summed E-state index contributed by atoms with van der Waals surface area (Å²) in [5, 5.41) is 0. The van der Waals surface area contributed by atoms with E-state index in [1.54, 1.807) is 6.07 Å². The lowest BCUT2D eigenvalue weighted by molar-refractivity contribution is -0.140. The molecule has 1 aromatic rings. The highest BCUT2D eigenvalue weighted by Gasteiger charge is 2.12. The molecule has 4 nitrogen and oxygen atoms in total. The molecule has 0 saturated carbocycles. The monoisotopic (exact) mass is 264 g/mol. The van der Waals surface area contributed by atoms with Crippen molar-refractivity contribution in [2.24, 2.45) is 0 Å². The van der Waals surface area contributed by atoms with Crippen LogP contribution < -0.4 is 0 Å². The Hall–Kier alpha value is -1.84. The van der Waals surface area contributed by atoms with Crippen LogP contribution in [-0.2, 0) is 27.1 Å². The van der Waals surface area contributed by atoms with Crippen LogP contribution in [0.25, 0.3) is 0 Å². The standard InChI is InChI=1S/C15H20O4/c1-4-5-12-8-6-11(7-9-14(16)18-2)10-13(12)15(17)19-3/h6,8,10H,4-5,7,9H2,1-3H3. The molecular weight excluding hydrogens is 244 g/mol. The second kappa shape index (κ2) is 7.56. The number of rotatable bonds is 6. The molecule has 0 spiro atoms. The second-order valence-electron chi connectivity index (χ2n) is 4.31. The van der Waals surface area contributed by atoms with Crippen molar-refractivity contribution in [1.82, 2.24) is 0 Å². The number of carbonyl (C=O) groups is 2. The van der Waals surface area contributed by atoms with E-state index in [2.05, 4.69) is 11.7 Å². The quantitative estimate of drug-likeness (QED) is 0.741. The Kier molecular flexibility index (Phi) is 6.06. The predicted octanol–water partition coefficient (Wildman–Crippen LogP) is 2.53. The maximum Gasteiger partial charge on any atom is 0.338 e. The van der Waals surface area contributed by atoms with Gasteiger partial charge in [-0.3, -0.25) is 4.79 Å². The lowest BCUT2D eigenvalue weighted by Gasteiger charge is -2.09. The topological polar surface area (TPSA) is 52.6 Å². The Morgan fingerprint density at radius 2 is 1.84 bits per heavy atom. The van der Waals surface area contributed by atoms with E-state index < -0.39 is 0 Å². The third-order valence-corrected chi connectivity index (χ3v) is 2.94. The number of hydrogen-bond donors (Lipinski definition) is 0. The van der Waals surface area contributed by atoms with Gasteiger partial charge in [0.05, 0.1) is 19.8 Å². The Morgan fingerprint density at radius 3 is 2.42 bits per heavy atom. The molecule has 0 aromatic heterocycles. The first-order valence-corrected chi connectivity index (χ1v) is 6.39. The van der Waals surface area contributed by atoms with Crippen LogP contribution in [0, 0.1) is 0 Å². The van der Waals surface area contributed by atoms with Gasteiger partial charge in [0.25, 0.3) is 0 Å². The molecule has 0 heterocycles. The van der Waals surface area contributed by atoms with E-state index in [1.807, 2.05) is 12.1 Å². The smallest absolute Gasteiger partial charge is 0.338 e. The summed E-state index contributed by atoms with van der Waals surface area (Å²) in [6.07, 6.45) is 2.67. The minimum Gasteiger partial charge on any atom is -0.469 e. The molecular formula is C15H20O4. The van der Waals surface area contributed by atoms with Gasteiger partial charge in [-0.1, -0.05) is 25.5 Å². The molecule has 19 heavy (non-hydrogen) atoms. The number of esters is 2. The van der Waals surface area contributed by atoms with Crippen LogP contribution in [0.5, 0.6) is 0 Å². The predicted molar refractivity (Wildman–Crippen MR) is 72.1 cm³/mol. The number of methoxy groups -OCH3 is 2. The van der Waals surface area contributed by atoms with Crippen molar-refractivity contribution < 1.29 is 19.1 Å². The Bertz CT molecular complexity index is 451. The van der Waals surface area contributed by atoms with Crippen molar-refractivity contribution in [3.63, 3.8) is 0 Å². The lowest BCUT2D eigenvalue weighted by atomic mass is 9.98. The van der Waals surface area contributed by atoms with Crippen molar-refractivity contribution in [2.75, 3.05) is 14.2 Å². The molecule has 1 aromatic carbocycles. The summed E-state index contributed by atoms with van der Waals surface area (Å²) >= 11 is 0. The molecule has 104 valence electrons. The SMILES string of the molecule is CCCc1ccc(CCC(=O)OC)cc1C(=O)OC. The van der Waals surface area contributed by atoms with Crippen LogP contribution in [0.4, 0.5) is 0 Å². The normalized spacial score (nSPS) is 10.1. The largest absolute Gasteiger partial charge is 0.469 e. The van der Waals surface area contributed by atoms with Crippen LogP contribution in [-0.4, -0.2) is 26.2 Å². The summed E-state index contributed by atoms with van der Waals surface area (Å²) in [6, 6.07) is 5.68. The van der Waals surface area contributed by atoms with Crippen LogP contribution in [0.15, 0.2) is 18.2 Å². The molecule has 1 rings (SSSR count). The van der Waals surface area contributed by atoms with E-state index >= 15 is 0 Å². The molecule has 4 heteroatoms. The first-order chi connectivity index (χ1) is 9.12. The van der Waals surface area contributed by atoms with Crippen molar-refractivity contribution in [3.8, 4) is 0 Å². The molecule has 0 bridgehead atoms. The highest BCUT2D eigenvalue weighted by Crippen LogP contribution is 2.16. The van der Waals surface area contributed by atoms with Gasteiger partial charge in [0, 0.05) is 6.42 Å². The maximum atomic E-state index is 11.7. The molecule has 0 atom stereocenters. The zero-order chi connectivity index (χ0) is 14.3. The van der Waals surface area contributed by atoms with E-state index in [-0.39, 0.29) is 11.9 Å². The minimum atomic E-state index is -0.330. The van der Waals surface area contributed by atoms with Crippen molar-refractivity contribution >= 4 is 11.9 Å². The minimum absolute atomic E-state index is 0.253. The summed E-state index contributed by atoms with van der Waals surface area (Å²) in [7, 11) is 2.74. The fourth-order valence-electron chi connectivity index (χ4n) is 1.91. The van der Waals surface area contributed by atoms with E-state index in [1.165, 1.54) is 14.2 Å². The average molecular weight is 264 g/mol. The van der Waals surface area contributed by atoms with E-state index in [4.69, 9.17) is 4.74 Å². The summed E-state index contributed by atoms with van der Waals surface area (Å²) in [5.74, 6) is -0.583. The van der Waals surface area contributed by atoms with Crippen LogP contribution in [0.2, 0.25) is 0 Å². The molecule has 0 aliphatic carbocycles. The van der Waals surface area contributed by atoms with Crippen LogP contribution in [0.1, 0.15) is 41.3 Å². The fourth-order valence-corrected chi connectivity index (χ4v) is 1.91. The number of ether oxygens (including phenoxy) is 2. The van der Waals surface area contributed by atoms with Crippen LogP contribution in [0.3, 0.4) is 0 Å². The van der Waals surface area contributed by atoms with Crippen molar-refractivity contribution in [2.45, 2.75) is 32.6 Å². The van der Waals surface area contributed by atoms with Gasteiger partial charge in [-0.2, -0.15) is 0 Å². The third-order valence-electron chi connectivity index (χ3n) is 2.94. The molecule has 0 fully saturated rings. The molecule has 0 N–H and O–H groups in total. The number of aryl methyl sites for hydroxylation is 2. The summed E-state index contributed by atoms with van der Waals surface area (Å²) in [4.78, 5) is 22.9. The Labute approximate surface area is 113 Å². The first kappa shape index (κ1) is 15.2. The van der Waals surface area contributed by atoms with Gasteiger partial charge in [0.1, 0.15) is 0 Å². The van der Waals surface area contributed by atoms with E-state index in [0.717, 1.165) is 24.0 Å². The molecule has 0 unspecified atom stereocenters. The second-order valence-corrected chi connectivity index (χ2v) is 4.31. The number of carbonyl (C=O) groups excluding carboxylic acids is 2. The molecule has 0 amide bonds. The Balaban J connectivity index is 2.91.